The van der Waals surface area contributed by atoms with E-state index in [2.05, 4.69) is 10.2 Å². The molecule has 0 fully saturated rings. The Labute approximate surface area is 190 Å². The molecular weight excluding hydrogens is 455 g/mol. The van der Waals surface area contributed by atoms with E-state index in [4.69, 9.17) is 0 Å². The number of azo groups is 1. The summed E-state index contributed by atoms with van der Waals surface area (Å²) >= 11 is 0. The summed E-state index contributed by atoms with van der Waals surface area (Å²) < 4.78 is 71.5. The molecule has 3 aromatic carbocycles. The number of rotatable bonds is 7. The molecule has 0 spiro atoms. The smallest absolute Gasteiger partial charge is 0.367 e. The minimum Gasteiger partial charge on any atom is -0.367 e. The van der Waals surface area contributed by atoms with Crippen LogP contribution in [0.3, 0.4) is 0 Å². The summed E-state index contributed by atoms with van der Waals surface area (Å²) in [4.78, 5) is 1.80. The molecule has 3 aromatic rings. The van der Waals surface area contributed by atoms with E-state index in [1.54, 1.807) is 31.2 Å². The van der Waals surface area contributed by atoms with Crippen molar-refractivity contribution in [3.63, 3.8) is 0 Å². The first-order valence-corrected chi connectivity index (χ1v) is 11.4. The van der Waals surface area contributed by atoms with Crippen LogP contribution in [0.4, 0.5) is 30.2 Å². The molecule has 6 nitrogen and oxygen atoms in total. The van der Waals surface area contributed by atoms with Crippen LogP contribution in [-0.2, 0) is 22.8 Å². The third-order valence-electron chi connectivity index (χ3n) is 4.97. The predicted octanol–water partition coefficient (Wildman–Crippen LogP) is 6.70. The van der Waals surface area contributed by atoms with Crippen molar-refractivity contribution < 1.29 is 26.1 Å². The van der Waals surface area contributed by atoms with Gasteiger partial charge < -0.3 is 4.90 Å². The number of hydrogen-bond acceptors (Lipinski definition) is 5. The maximum atomic E-state index is 13.1. The van der Waals surface area contributed by atoms with Crippen LogP contribution in [0, 0.1) is 6.92 Å². The van der Waals surface area contributed by atoms with Crippen LogP contribution in [0.15, 0.2) is 81.9 Å². The van der Waals surface area contributed by atoms with Crippen LogP contribution in [-0.4, -0.2) is 19.5 Å². The van der Waals surface area contributed by atoms with Gasteiger partial charge in [0, 0.05) is 18.8 Å². The molecule has 0 unspecified atom stereocenters. The first kappa shape index (κ1) is 24.4. The quantitative estimate of drug-likeness (QED) is 0.303. The van der Waals surface area contributed by atoms with Crippen molar-refractivity contribution in [1.29, 1.82) is 0 Å². The largest absolute Gasteiger partial charge is 0.418 e. The Hall–Kier alpha value is -3.24. The van der Waals surface area contributed by atoms with Gasteiger partial charge in [0.2, 0.25) is 0 Å². The highest BCUT2D eigenvalue weighted by atomic mass is 32.2. The van der Waals surface area contributed by atoms with Gasteiger partial charge in [0.15, 0.2) is 0 Å². The van der Waals surface area contributed by atoms with Crippen LogP contribution in [0.5, 0.6) is 0 Å². The van der Waals surface area contributed by atoms with Gasteiger partial charge in [-0.2, -0.15) is 26.7 Å². The highest BCUT2D eigenvalue weighted by molar-refractivity contribution is 7.85. The van der Waals surface area contributed by atoms with Crippen LogP contribution in [0.2, 0.25) is 0 Å². The molecule has 10 heteroatoms. The Morgan fingerprint density at radius 2 is 1.64 bits per heavy atom. The summed E-state index contributed by atoms with van der Waals surface area (Å²) in [6, 6.07) is 16.3. The minimum absolute atomic E-state index is 0.179. The monoisotopic (exact) mass is 477 g/mol. The lowest BCUT2D eigenvalue weighted by Gasteiger charge is -2.24. The number of alkyl halides is 3. The molecule has 0 heterocycles. The van der Waals surface area contributed by atoms with Gasteiger partial charge in [0.25, 0.3) is 10.1 Å². The molecule has 3 rings (SSSR count). The summed E-state index contributed by atoms with van der Waals surface area (Å²) in [5.74, 6) is 0. The highest BCUT2D eigenvalue weighted by Gasteiger charge is 2.33. The molecule has 174 valence electrons. The van der Waals surface area contributed by atoms with Gasteiger partial charge in [-0.1, -0.05) is 24.3 Å². The fraction of sp³-hybridized carbons (Fsp3) is 0.217. The van der Waals surface area contributed by atoms with E-state index in [-0.39, 0.29) is 10.6 Å². The van der Waals surface area contributed by atoms with Crippen molar-refractivity contribution in [2.24, 2.45) is 10.2 Å². The van der Waals surface area contributed by atoms with Crippen LogP contribution >= 0.6 is 0 Å². The summed E-state index contributed by atoms with van der Waals surface area (Å²) in [5, 5.41) is 7.82. The molecular formula is C23H22F3N3O3S. The lowest BCUT2D eigenvalue weighted by atomic mass is 10.1. The lowest BCUT2D eigenvalue weighted by molar-refractivity contribution is -0.137. The van der Waals surface area contributed by atoms with Crippen molar-refractivity contribution in [3.8, 4) is 0 Å². The normalized spacial score (nSPS) is 12.3. The Kier molecular flexibility index (Phi) is 7.19. The SMILES string of the molecule is CCN(Cc1cccc(S(=O)(=O)O)c1)c1ccc(N=Nc2ccccc2C(F)(F)F)c(C)c1. The van der Waals surface area contributed by atoms with Crippen molar-refractivity contribution in [1.82, 2.24) is 0 Å². The Morgan fingerprint density at radius 1 is 0.939 bits per heavy atom. The maximum Gasteiger partial charge on any atom is 0.418 e. The molecule has 0 atom stereocenters. The van der Waals surface area contributed by atoms with Gasteiger partial charge in [-0.3, -0.25) is 4.55 Å². The standard InChI is InChI=1S/C23H22F3N3O3S/c1-3-29(15-17-7-6-8-19(14-17)33(30,31)32)18-11-12-21(16(2)13-18)27-28-22-10-5-4-9-20(22)23(24,25)26/h4-14H,3,15H2,1-2H3,(H,30,31,32). The van der Waals surface area contributed by atoms with Crippen molar-refractivity contribution in [3.05, 3.63) is 83.4 Å². The second kappa shape index (κ2) is 9.72. The third kappa shape index (κ3) is 6.17. The maximum absolute atomic E-state index is 13.1. The zero-order valence-corrected chi connectivity index (χ0v) is 18.7. The van der Waals surface area contributed by atoms with E-state index in [1.165, 1.54) is 30.3 Å². The van der Waals surface area contributed by atoms with E-state index in [1.807, 2.05) is 17.9 Å². The summed E-state index contributed by atoms with van der Waals surface area (Å²) in [5.41, 5.74) is 1.54. The molecule has 0 aromatic heterocycles. The van der Waals surface area contributed by atoms with E-state index >= 15 is 0 Å². The molecule has 1 N–H and O–H groups in total. The Morgan fingerprint density at radius 3 is 2.27 bits per heavy atom. The van der Waals surface area contributed by atoms with Gasteiger partial charge in [-0.25, -0.2) is 0 Å². The highest BCUT2D eigenvalue weighted by Crippen LogP contribution is 2.37. The zero-order chi connectivity index (χ0) is 24.2. The first-order chi connectivity index (χ1) is 15.5. The topological polar surface area (TPSA) is 82.3 Å². The average Bonchev–Trinajstić information content (AvgIpc) is 2.76. The third-order valence-corrected chi connectivity index (χ3v) is 5.82. The summed E-state index contributed by atoms with van der Waals surface area (Å²) in [7, 11) is -4.30. The fourth-order valence-electron chi connectivity index (χ4n) is 3.27. The van der Waals surface area contributed by atoms with Crippen molar-refractivity contribution in [2.45, 2.75) is 31.5 Å². The van der Waals surface area contributed by atoms with Crippen LogP contribution in [0.1, 0.15) is 23.6 Å². The average molecular weight is 478 g/mol. The van der Waals surface area contributed by atoms with Gasteiger partial charge in [-0.15, -0.1) is 5.11 Å². The van der Waals surface area contributed by atoms with Gasteiger partial charge >= 0.3 is 6.18 Å². The number of nitrogens with zero attached hydrogens (tertiary/aromatic N) is 3. The molecule has 0 aliphatic carbocycles. The van der Waals surface area contributed by atoms with Crippen molar-refractivity contribution in [2.75, 3.05) is 11.4 Å². The molecule has 0 saturated heterocycles. The van der Waals surface area contributed by atoms with Gasteiger partial charge in [0.05, 0.1) is 21.8 Å². The predicted molar refractivity (Wildman–Crippen MR) is 120 cm³/mol. The van der Waals surface area contributed by atoms with E-state index in [0.29, 0.717) is 29.9 Å². The minimum atomic E-state index is -4.52. The number of anilines is 1. The summed E-state index contributed by atoms with van der Waals surface area (Å²) in [6.45, 7) is 4.71. The molecule has 0 bridgehead atoms. The van der Waals surface area contributed by atoms with Crippen molar-refractivity contribution >= 4 is 27.2 Å². The van der Waals surface area contributed by atoms with Crippen LogP contribution < -0.4 is 4.90 Å². The fourth-order valence-corrected chi connectivity index (χ4v) is 3.82. The number of aryl methyl sites for hydroxylation is 1. The second-order valence-corrected chi connectivity index (χ2v) is 8.74. The first-order valence-electron chi connectivity index (χ1n) is 9.99. The Bertz CT molecular complexity index is 1280. The van der Waals surface area contributed by atoms with Gasteiger partial charge in [0.1, 0.15) is 0 Å². The molecule has 0 aliphatic rings. The second-order valence-electron chi connectivity index (χ2n) is 7.32. The molecule has 0 amide bonds. The Balaban J connectivity index is 1.84. The van der Waals surface area contributed by atoms with Crippen LogP contribution in [0.25, 0.3) is 0 Å². The van der Waals surface area contributed by atoms with E-state index < -0.39 is 21.9 Å². The number of benzene rings is 3. The molecule has 0 saturated carbocycles. The van der Waals surface area contributed by atoms with E-state index in [0.717, 1.165) is 11.8 Å². The van der Waals surface area contributed by atoms with Gasteiger partial charge in [-0.05, 0) is 67.4 Å². The lowest BCUT2D eigenvalue weighted by Crippen LogP contribution is -2.22. The van der Waals surface area contributed by atoms with E-state index in [9.17, 15) is 26.1 Å². The number of hydrogen-bond donors (Lipinski definition) is 1. The zero-order valence-electron chi connectivity index (χ0n) is 17.9. The molecule has 0 radical (unpaired) electrons. The molecule has 0 aliphatic heterocycles. The number of halogens is 3. The summed E-state index contributed by atoms with van der Waals surface area (Å²) in [6.07, 6.45) is -4.52. The molecule has 33 heavy (non-hydrogen) atoms.